The predicted octanol–water partition coefficient (Wildman–Crippen LogP) is 4.45. The summed E-state index contributed by atoms with van der Waals surface area (Å²) in [7, 11) is 4.89. The van der Waals surface area contributed by atoms with Crippen molar-refractivity contribution in [2.75, 3.05) is 27.8 Å². The van der Waals surface area contributed by atoms with Crippen molar-refractivity contribution in [1.82, 2.24) is 15.2 Å². The third-order valence-corrected chi connectivity index (χ3v) is 6.98. The topological polar surface area (TPSA) is 83.7 Å². The Hall–Kier alpha value is -4.26. The number of hydrogen-bond acceptors (Lipinski definition) is 4. The molecule has 0 aliphatic carbocycles. The van der Waals surface area contributed by atoms with Gasteiger partial charge in [-0.05, 0) is 47.4 Å². The van der Waals surface area contributed by atoms with Gasteiger partial charge in [-0.2, -0.15) is 0 Å². The van der Waals surface area contributed by atoms with Crippen molar-refractivity contribution in [2.24, 2.45) is 0 Å². The molecule has 2 amide bonds. The monoisotopic (exact) mass is 483 g/mol. The van der Waals surface area contributed by atoms with Gasteiger partial charge in [-0.25, -0.2) is 0 Å². The Kier molecular flexibility index (Phi) is 6.38. The van der Waals surface area contributed by atoms with Crippen LogP contribution < -0.4 is 14.8 Å². The Morgan fingerprint density at radius 2 is 1.75 bits per heavy atom. The minimum atomic E-state index is -0.579. The van der Waals surface area contributed by atoms with Crippen LogP contribution in [0.1, 0.15) is 39.0 Å². The normalized spacial score (nSPS) is 17.1. The molecule has 2 N–H and O–H groups in total. The lowest BCUT2D eigenvalue weighted by Gasteiger charge is -2.40. The number of nitrogens with zero attached hydrogens (tertiary/aromatic N) is 1. The largest absolute Gasteiger partial charge is 0.493 e. The van der Waals surface area contributed by atoms with Crippen molar-refractivity contribution in [3.8, 4) is 11.5 Å². The third-order valence-electron chi connectivity index (χ3n) is 6.98. The Balaban J connectivity index is 1.46. The molecule has 184 valence electrons. The molecule has 3 aromatic carbocycles. The number of methoxy groups -OCH3 is 2. The van der Waals surface area contributed by atoms with E-state index in [4.69, 9.17) is 9.47 Å². The first kappa shape index (κ1) is 23.5. The first-order chi connectivity index (χ1) is 17.5. The zero-order valence-corrected chi connectivity index (χ0v) is 20.6. The van der Waals surface area contributed by atoms with Gasteiger partial charge in [0, 0.05) is 36.3 Å². The number of amides is 2. The Morgan fingerprint density at radius 1 is 1.00 bits per heavy atom. The first-order valence-corrected chi connectivity index (χ1v) is 11.9. The van der Waals surface area contributed by atoms with E-state index in [1.807, 2.05) is 54.7 Å². The van der Waals surface area contributed by atoms with E-state index in [0.717, 1.165) is 27.6 Å². The van der Waals surface area contributed by atoms with Crippen LogP contribution in [0.4, 0.5) is 0 Å². The fourth-order valence-corrected chi connectivity index (χ4v) is 5.18. The molecule has 2 unspecified atom stereocenters. The van der Waals surface area contributed by atoms with Crippen molar-refractivity contribution in [2.45, 2.75) is 18.4 Å². The maximum atomic E-state index is 13.8. The minimum Gasteiger partial charge on any atom is -0.493 e. The molecule has 4 aromatic rings. The highest BCUT2D eigenvalue weighted by Gasteiger charge is 2.42. The molecule has 0 spiro atoms. The smallest absolute Gasteiger partial charge is 0.254 e. The van der Waals surface area contributed by atoms with E-state index >= 15 is 0 Å². The minimum absolute atomic E-state index is 0.117. The number of carbonyl (C=O) groups excluding carboxylic acids is 2. The van der Waals surface area contributed by atoms with Crippen LogP contribution in [-0.2, 0) is 11.2 Å². The van der Waals surface area contributed by atoms with Gasteiger partial charge >= 0.3 is 0 Å². The summed E-state index contributed by atoms with van der Waals surface area (Å²) in [6, 6.07) is 20.5. The van der Waals surface area contributed by atoms with Crippen molar-refractivity contribution in [3.63, 3.8) is 0 Å². The lowest BCUT2D eigenvalue weighted by Crippen LogP contribution is -2.46. The molecule has 5 rings (SSSR count). The van der Waals surface area contributed by atoms with E-state index in [2.05, 4.69) is 16.4 Å². The highest BCUT2D eigenvalue weighted by molar-refractivity contribution is 6.01. The number of rotatable bonds is 7. The summed E-state index contributed by atoms with van der Waals surface area (Å²) in [4.78, 5) is 32.0. The standard InChI is InChI=1S/C29H29N3O4/c1-32-27(18-12-13-24(35-2)25(16-18)36-3)26(21-9-4-5-10-22(21)29(32)34)28(33)30-15-14-19-17-31-23-11-7-6-8-20(19)23/h4-13,16-17,26-27,31H,14-15H2,1-3H3,(H,30,33). The number of likely N-dealkylation sites (N-methyl/N-ethyl adjacent to an activating group) is 1. The van der Waals surface area contributed by atoms with E-state index in [9.17, 15) is 9.59 Å². The van der Waals surface area contributed by atoms with Gasteiger partial charge in [-0.15, -0.1) is 0 Å². The number of benzene rings is 3. The molecule has 1 aromatic heterocycles. The molecule has 1 aliphatic heterocycles. The summed E-state index contributed by atoms with van der Waals surface area (Å²) in [5.74, 6) is 0.319. The maximum Gasteiger partial charge on any atom is 0.254 e. The lowest BCUT2D eigenvalue weighted by atomic mass is 9.79. The number of aromatic nitrogens is 1. The SMILES string of the molecule is COc1ccc(C2C(C(=O)NCCc3c[nH]c4ccccc34)c3ccccc3C(=O)N2C)cc1OC. The van der Waals surface area contributed by atoms with Crippen LogP contribution in [0.15, 0.2) is 72.9 Å². The molecule has 7 nitrogen and oxygen atoms in total. The van der Waals surface area contributed by atoms with Gasteiger partial charge in [0.2, 0.25) is 5.91 Å². The zero-order chi connectivity index (χ0) is 25.2. The molecule has 1 aliphatic rings. The van der Waals surface area contributed by atoms with E-state index in [-0.39, 0.29) is 11.8 Å². The summed E-state index contributed by atoms with van der Waals surface area (Å²) in [6.45, 7) is 0.482. The van der Waals surface area contributed by atoms with Crippen LogP contribution in [0.2, 0.25) is 0 Å². The summed E-state index contributed by atoms with van der Waals surface area (Å²) in [6.07, 6.45) is 2.69. The first-order valence-electron chi connectivity index (χ1n) is 11.9. The van der Waals surface area contributed by atoms with Gasteiger partial charge in [-0.1, -0.05) is 42.5 Å². The molecule has 7 heteroatoms. The fourth-order valence-electron chi connectivity index (χ4n) is 5.18. The van der Waals surface area contributed by atoms with Crippen LogP contribution in [0.25, 0.3) is 10.9 Å². The van der Waals surface area contributed by atoms with E-state index < -0.39 is 12.0 Å². The third kappa shape index (κ3) is 4.06. The molecule has 0 bridgehead atoms. The molecule has 2 atom stereocenters. The van der Waals surface area contributed by atoms with E-state index in [0.29, 0.717) is 30.0 Å². The van der Waals surface area contributed by atoms with Gasteiger partial charge in [0.15, 0.2) is 11.5 Å². The zero-order valence-electron chi connectivity index (χ0n) is 20.6. The highest BCUT2D eigenvalue weighted by atomic mass is 16.5. The van der Waals surface area contributed by atoms with E-state index in [1.165, 1.54) is 0 Å². The van der Waals surface area contributed by atoms with Gasteiger partial charge < -0.3 is 24.7 Å². The second kappa shape index (κ2) is 9.77. The Labute approximate surface area is 210 Å². The number of carbonyl (C=O) groups is 2. The summed E-state index contributed by atoms with van der Waals surface area (Å²) in [5.41, 5.74) is 4.31. The number of aromatic amines is 1. The highest BCUT2D eigenvalue weighted by Crippen LogP contribution is 2.44. The average Bonchev–Trinajstić information content (AvgIpc) is 3.33. The Bertz CT molecular complexity index is 1430. The van der Waals surface area contributed by atoms with E-state index in [1.54, 1.807) is 38.3 Å². The van der Waals surface area contributed by atoms with Crippen molar-refractivity contribution in [3.05, 3.63) is 95.2 Å². The van der Waals surface area contributed by atoms with Gasteiger partial charge in [0.05, 0.1) is 26.2 Å². The average molecular weight is 484 g/mol. The number of para-hydroxylation sites is 1. The van der Waals surface area contributed by atoms with Gasteiger partial charge in [0.1, 0.15) is 0 Å². The van der Waals surface area contributed by atoms with Crippen LogP contribution in [0.5, 0.6) is 11.5 Å². The molecule has 36 heavy (non-hydrogen) atoms. The number of nitrogens with one attached hydrogen (secondary N) is 2. The Morgan fingerprint density at radius 3 is 2.56 bits per heavy atom. The number of ether oxygens (including phenoxy) is 2. The predicted molar refractivity (Wildman–Crippen MR) is 139 cm³/mol. The van der Waals surface area contributed by atoms with Crippen LogP contribution in [0, 0.1) is 0 Å². The van der Waals surface area contributed by atoms with Crippen molar-refractivity contribution >= 4 is 22.7 Å². The summed E-state index contributed by atoms with van der Waals surface area (Å²) in [5, 5.41) is 4.29. The second-order valence-electron chi connectivity index (χ2n) is 8.94. The number of H-pyrrole nitrogens is 1. The number of hydrogen-bond donors (Lipinski definition) is 2. The molecule has 0 fully saturated rings. The quantitative estimate of drug-likeness (QED) is 0.407. The van der Waals surface area contributed by atoms with Crippen molar-refractivity contribution < 1.29 is 19.1 Å². The van der Waals surface area contributed by atoms with Crippen LogP contribution >= 0.6 is 0 Å². The number of fused-ring (bicyclic) bond motifs is 2. The van der Waals surface area contributed by atoms with Crippen LogP contribution in [-0.4, -0.2) is 49.5 Å². The molecular weight excluding hydrogens is 454 g/mol. The lowest BCUT2D eigenvalue weighted by molar-refractivity contribution is -0.124. The molecule has 0 saturated heterocycles. The maximum absolute atomic E-state index is 13.8. The summed E-state index contributed by atoms with van der Waals surface area (Å²) < 4.78 is 10.9. The molecular formula is C29H29N3O4. The van der Waals surface area contributed by atoms with Gasteiger partial charge in [0.25, 0.3) is 5.91 Å². The van der Waals surface area contributed by atoms with Crippen LogP contribution in [0.3, 0.4) is 0 Å². The van der Waals surface area contributed by atoms with Crippen molar-refractivity contribution in [1.29, 1.82) is 0 Å². The second-order valence-corrected chi connectivity index (χ2v) is 8.94. The summed E-state index contributed by atoms with van der Waals surface area (Å²) >= 11 is 0. The molecule has 2 heterocycles. The fraction of sp³-hybridized carbons (Fsp3) is 0.241. The molecule has 0 saturated carbocycles. The van der Waals surface area contributed by atoms with Gasteiger partial charge in [-0.3, -0.25) is 9.59 Å². The molecule has 0 radical (unpaired) electrons.